The van der Waals surface area contributed by atoms with Crippen LogP contribution in [0.15, 0.2) is 0 Å². The Bertz CT molecular complexity index is 118. The van der Waals surface area contributed by atoms with Crippen molar-refractivity contribution in [2.24, 2.45) is 0 Å². The molecule has 14 heavy (non-hydrogen) atoms. The van der Waals surface area contributed by atoms with Gasteiger partial charge < -0.3 is 40.2 Å². The van der Waals surface area contributed by atoms with Gasteiger partial charge in [0.15, 0.2) is 0 Å². The predicted octanol–water partition coefficient (Wildman–Crippen LogP) is -6.71. The molecule has 3 N–H and O–H groups in total. The molecule has 72 valence electrons. The molecule has 0 saturated heterocycles. The SMILES string of the molecule is O=C(O)O.O=C([O-])O.O=C([O-])[O-].[Ca+2].[K+]. The maximum atomic E-state index is 8.56. The first-order chi connectivity index (χ1) is 5.20. The molecule has 0 rings (SSSR count). The van der Waals surface area contributed by atoms with E-state index in [-0.39, 0.29) is 89.1 Å². The minimum absolute atomic E-state index is 0. The molecule has 0 aromatic heterocycles. The average Bonchev–Trinajstić information content (AvgIpc) is 1.54. The Morgan fingerprint density at radius 2 is 0.857 bits per heavy atom. The van der Waals surface area contributed by atoms with Crippen molar-refractivity contribution in [3.05, 3.63) is 0 Å². The van der Waals surface area contributed by atoms with Gasteiger partial charge in [0.25, 0.3) is 0 Å². The van der Waals surface area contributed by atoms with Gasteiger partial charge in [-0.1, -0.05) is 0 Å². The smallest absolute Gasteiger partial charge is 0.652 e. The van der Waals surface area contributed by atoms with Crippen molar-refractivity contribution >= 4 is 56.2 Å². The van der Waals surface area contributed by atoms with E-state index >= 15 is 0 Å². The molecule has 0 spiro atoms. The van der Waals surface area contributed by atoms with E-state index in [0.717, 1.165) is 0 Å². The summed E-state index contributed by atoms with van der Waals surface area (Å²) in [6, 6.07) is 0. The van der Waals surface area contributed by atoms with Crippen LogP contribution in [-0.2, 0) is 0 Å². The van der Waals surface area contributed by atoms with Gasteiger partial charge in [-0.25, -0.2) is 4.79 Å². The summed E-state index contributed by atoms with van der Waals surface area (Å²) in [6.45, 7) is 0. The first kappa shape index (κ1) is 29.3. The van der Waals surface area contributed by atoms with Gasteiger partial charge in [0.2, 0.25) is 6.16 Å². The molecule has 0 aromatic rings. The van der Waals surface area contributed by atoms with Crippen molar-refractivity contribution < 1.29 is 96.4 Å². The Balaban J connectivity index is -0.0000000270. The van der Waals surface area contributed by atoms with E-state index in [9.17, 15) is 0 Å². The van der Waals surface area contributed by atoms with Crippen LogP contribution >= 0.6 is 0 Å². The van der Waals surface area contributed by atoms with Crippen molar-refractivity contribution in [2.75, 3.05) is 0 Å². The fourth-order valence-corrected chi connectivity index (χ4v) is 0. The van der Waals surface area contributed by atoms with Crippen LogP contribution < -0.4 is 66.7 Å². The van der Waals surface area contributed by atoms with E-state index in [1.165, 1.54) is 0 Å². The topological polar surface area (TPSA) is 181 Å². The number of rotatable bonds is 0. The molecule has 0 aliphatic heterocycles. The molecule has 0 aliphatic rings. The number of hydrogen-bond acceptors (Lipinski definition) is 6. The van der Waals surface area contributed by atoms with Gasteiger partial charge in [-0.2, -0.15) is 0 Å². The van der Waals surface area contributed by atoms with Crippen LogP contribution in [0, 0.1) is 0 Å². The number of hydrogen-bond donors (Lipinski definition) is 3. The molecule has 0 atom stereocenters. The monoisotopic (exact) mass is 262 g/mol. The Labute approximate surface area is 150 Å². The Morgan fingerprint density at radius 1 is 0.857 bits per heavy atom. The fraction of sp³-hybridized carbons (Fsp3) is 0. The second-order valence-electron chi connectivity index (χ2n) is 0.798. The molecule has 0 aliphatic carbocycles. The van der Waals surface area contributed by atoms with Gasteiger partial charge in [-0.3, -0.25) is 0 Å². The zero-order chi connectivity index (χ0) is 10.7. The van der Waals surface area contributed by atoms with Crippen LogP contribution in [0.2, 0.25) is 0 Å². The molecule has 0 radical (unpaired) electrons. The Morgan fingerprint density at radius 3 is 0.857 bits per heavy atom. The van der Waals surface area contributed by atoms with Gasteiger partial charge in [0.1, 0.15) is 0 Å². The third-order valence-electron chi connectivity index (χ3n) is 0. The number of carboxylic acid groups (broad SMARTS) is 6. The molecule has 0 heterocycles. The summed E-state index contributed by atoms with van der Waals surface area (Å²) in [6.07, 6.45) is -6.25. The van der Waals surface area contributed by atoms with E-state index in [0.29, 0.717) is 0 Å². The van der Waals surface area contributed by atoms with E-state index in [2.05, 4.69) is 0 Å². The summed E-state index contributed by atoms with van der Waals surface area (Å²) in [4.78, 5) is 25.3. The van der Waals surface area contributed by atoms with Crippen LogP contribution in [0.3, 0.4) is 0 Å². The maximum absolute atomic E-state index is 8.56. The van der Waals surface area contributed by atoms with E-state index in [4.69, 9.17) is 45.0 Å². The van der Waals surface area contributed by atoms with E-state index < -0.39 is 18.5 Å². The zero-order valence-corrected chi connectivity index (χ0v) is 12.3. The van der Waals surface area contributed by atoms with Crippen molar-refractivity contribution in [2.45, 2.75) is 0 Å². The molecule has 0 bridgehead atoms. The molecule has 0 unspecified atom stereocenters. The van der Waals surface area contributed by atoms with Gasteiger partial charge in [-0.05, 0) is 6.16 Å². The molecule has 0 amide bonds. The van der Waals surface area contributed by atoms with Crippen molar-refractivity contribution in [1.82, 2.24) is 0 Å². The summed E-state index contributed by atoms with van der Waals surface area (Å²) in [7, 11) is 0. The van der Waals surface area contributed by atoms with Crippen molar-refractivity contribution in [1.29, 1.82) is 0 Å². The fourth-order valence-electron chi connectivity index (χ4n) is 0. The van der Waals surface area contributed by atoms with Crippen LogP contribution in [-0.4, -0.2) is 71.5 Å². The predicted molar refractivity (Wildman–Crippen MR) is 29.8 cm³/mol. The summed E-state index contributed by atoms with van der Waals surface area (Å²) in [5.74, 6) is 0. The van der Waals surface area contributed by atoms with Crippen LogP contribution in [0.5, 0.6) is 0 Å². The van der Waals surface area contributed by atoms with Crippen LogP contribution in [0.1, 0.15) is 0 Å². The first-order valence-corrected chi connectivity index (χ1v) is 1.90. The number of carbonyl (C=O) groups excluding carboxylic acids is 1. The van der Waals surface area contributed by atoms with E-state index in [1.807, 2.05) is 0 Å². The third-order valence-corrected chi connectivity index (χ3v) is 0. The standard InChI is InChI=1S/3CH2O3.Ca.K/c3*2-1(3)4;;/h3*(H2,2,3,4);;/q;;;+2;+1/p-3. The molecule has 0 aromatic carbocycles. The minimum Gasteiger partial charge on any atom is -0.652 e. The second-order valence-corrected chi connectivity index (χ2v) is 0.798. The van der Waals surface area contributed by atoms with Crippen molar-refractivity contribution in [3.63, 3.8) is 0 Å². The molecule has 9 nitrogen and oxygen atoms in total. The molecular formula is C3H3CaKO9. The minimum atomic E-state index is -2.33. The summed E-state index contributed by atoms with van der Waals surface area (Å²) in [5, 5.41) is 45.9. The quantitative estimate of drug-likeness (QED) is 0.357. The molecule has 11 heteroatoms. The molecule has 0 saturated carbocycles. The Kier molecular flexibility index (Phi) is 49.2. The van der Waals surface area contributed by atoms with Gasteiger partial charge in [-0.15, -0.1) is 0 Å². The second kappa shape index (κ2) is 23.5. The first-order valence-electron chi connectivity index (χ1n) is 1.90. The van der Waals surface area contributed by atoms with Crippen LogP contribution in [0.25, 0.3) is 0 Å². The normalized spacial score (nSPS) is 5.14. The molecule has 0 fully saturated rings. The third kappa shape index (κ3) is 3490. The number of carbonyl (C=O) groups is 3. The summed E-state index contributed by atoms with van der Waals surface area (Å²) in [5.41, 5.74) is 0. The Hall–Kier alpha value is 0.706. The van der Waals surface area contributed by atoms with E-state index in [1.54, 1.807) is 0 Å². The summed E-state index contributed by atoms with van der Waals surface area (Å²) < 4.78 is 0. The maximum Gasteiger partial charge on any atom is 2.00 e. The van der Waals surface area contributed by atoms with Gasteiger partial charge in [0, 0.05) is 0 Å². The van der Waals surface area contributed by atoms with Crippen molar-refractivity contribution in [3.8, 4) is 0 Å². The summed E-state index contributed by atoms with van der Waals surface area (Å²) >= 11 is 0. The molecular weight excluding hydrogens is 259 g/mol. The zero-order valence-electron chi connectivity index (χ0n) is 7.00. The van der Waals surface area contributed by atoms with Gasteiger partial charge in [0.05, 0.1) is 0 Å². The van der Waals surface area contributed by atoms with Gasteiger partial charge >= 0.3 is 95.3 Å². The largest absolute Gasteiger partial charge is 2.00 e. The van der Waals surface area contributed by atoms with Crippen LogP contribution in [0.4, 0.5) is 14.4 Å². The average molecular weight is 262 g/mol.